The third-order valence-electron chi connectivity index (χ3n) is 3.02. The van der Waals surface area contributed by atoms with E-state index in [1.54, 1.807) is 0 Å². The zero-order valence-corrected chi connectivity index (χ0v) is 12.7. The van der Waals surface area contributed by atoms with Gasteiger partial charge in [0.15, 0.2) is 5.69 Å². The number of aromatic carboxylic acids is 2. The largest absolute Gasteiger partial charge is 0.478 e. The lowest BCUT2D eigenvalue weighted by molar-refractivity contribution is 0.0696. The quantitative estimate of drug-likeness (QED) is 0.671. The lowest BCUT2D eigenvalue weighted by Crippen LogP contribution is -2.13. The molecule has 1 amide bonds. The van der Waals surface area contributed by atoms with E-state index in [2.05, 4.69) is 10.2 Å². The zero-order chi connectivity index (χ0) is 17.6. The Hall–Kier alpha value is -3.16. The van der Waals surface area contributed by atoms with Gasteiger partial charge in [-0.15, -0.1) is 0 Å². The summed E-state index contributed by atoms with van der Waals surface area (Å²) in [6.07, 6.45) is 0.778. The molecule has 0 spiro atoms. The number of primary amides is 1. The molecule has 8 heteroatoms. The topological polar surface area (TPSA) is 146 Å². The first-order valence-electron chi connectivity index (χ1n) is 6.68. The minimum absolute atomic E-state index is 0.0186. The van der Waals surface area contributed by atoms with Crippen molar-refractivity contribution in [1.82, 2.24) is 10.2 Å². The number of carboxylic acid groups (broad SMARTS) is 2. The average molecular weight is 319 g/mol. The number of carbonyl (C=O) groups is 3. The van der Waals surface area contributed by atoms with Crippen LogP contribution in [-0.4, -0.2) is 38.3 Å². The van der Waals surface area contributed by atoms with Gasteiger partial charge >= 0.3 is 11.9 Å². The maximum absolute atomic E-state index is 10.7. The number of aromatic amines is 1. The van der Waals surface area contributed by atoms with E-state index in [0.717, 1.165) is 23.7 Å². The first kappa shape index (κ1) is 17.9. The van der Waals surface area contributed by atoms with Crippen LogP contribution in [0.3, 0.4) is 0 Å². The van der Waals surface area contributed by atoms with Gasteiger partial charge in [0.1, 0.15) is 0 Å². The van der Waals surface area contributed by atoms with Crippen LogP contribution in [0.5, 0.6) is 0 Å². The van der Waals surface area contributed by atoms with Gasteiger partial charge in [-0.3, -0.25) is 9.89 Å². The first-order chi connectivity index (χ1) is 10.8. The summed E-state index contributed by atoms with van der Waals surface area (Å²) in [6, 6.07) is 5.20. The lowest BCUT2D eigenvalue weighted by atomic mass is 10.1. The van der Waals surface area contributed by atoms with Crippen molar-refractivity contribution >= 4 is 17.8 Å². The van der Waals surface area contributed by atoms with E-state index in [-0.39, 0.29) is 11.1 Å². The molecule has 0 aliphatic rings. The van der Waals surface area contributed by atoms with Gasteiger partial charge in [-0.25, -0.2) is 9.59 Å². The van der Waals surface area contributed by atoms with Crippen molar-refractivity contribution in [3.05, 3.63) is 52.3 Å². The Morgan fingerprint density at radius 2 is 1.70 bits per heavy atom. The molecule has 0 atom stereocenters. The third-order valence-corrected chi connectivity index (χ3v) is 3.02. The molecule has 2 aromatic rings. The molecule has 0 unspecified atom stereocenters. The summed E-state index contributed by atoms with van der Waals surface area (Å²) in [5.74, 6) is -2.72. The third kappa shape index (κ3) is 4.67. The summed E-state index contributed by atoms with van der Waals surface area (Å²) in [4.78, 5) is 31.5. The first-order valence-corrected chi connectivity index (χ1v) is 6.68. The molecule has 1 aromatic heterocycles. The number of aromatic nitrogens is 2. The van der Waals surface area contributed by atoms with Gasteiger partial charge in [0.25, 0.3) is 5.91 Å². The highest BCUT2D eigenvalue weighted by molar-refractivity contribution is 5.93. The van der Waals surface area contributed by atoms with Crippen LogP contribution in [0.25, 0.3) is 0 Å². The van der Waals surface area contributed by atoms with E-state index in [0.29, 0.717) is 5.69 Å². The highest BCUT2D eigenvalue weighted by atomic mass is 16.4. The Labute approximate surface area is 131 Å². The van der Waals surface area contributed by atoms with E-state index in [1.165, 1.54) is 18.2 Å². The molecule has 23 heavy (non-hydrogen) atoms. The van der Waals surface area contributed by atoms with Crippen molar-refractivity contribution in [3.8, 4) is 0 Å². The van der Waals surface area contributed by atoms with Crippen LogP contribution < -0.4 is 5.73 Å². The van der Waals surface area contributed by atoms with Crippen LogP contribution in [0.15, 0.2) is 24.3 Å². The smallest absolute Gasteiger partial charge is 0.335 e. The molecule has 0 saturated heterocycles. The van der Waals surface area contributed by atoms with Gasteiger partial charge in [-0.2, -0.15) is 5.10 Å². The van der Waals surface area contributed by atoms with Crippen LogP contribution in [0, 0.1) is 6.92 Å². The number of benzene rings is 1. The van der Waals surface area contributed by atoms with Crippen LogP contribution >= 0.6 is 0 Å². The van der Waals surface area contributed by atoms with Crippen molar-refractivity contribution in [1.29, 1.82) is 0 Å². The number of hydrogen-bond donors (Lipinski definition) is 4. The second kappa shape index (κ2) is 7.74. The van der Waals surface area contributed by atoms with Crippen molar-refractivity contribution in [3.63, 3.8) is 0 Å². The van der Waals surface area contributed by atoms with E-state index in [4.69, 9.17) is 15.9 Å². The number of H-pyrrole nitrogens is 1. The van der Waals surface area contributed by atoms with Crippen molar-refractivity contribution in [2.45, 2.75) is 20.3 Å². The van der Waals surface area contributed by atoms with Crippen LogP contribution in [-0.2, 0) is 6.42 Å². The number of carbonyl (C=O) groups excluding carboxylic acids is 1. The number of rotatable bonds is 4. The molecule has 1 aromatic carbocycles. The molecule has 5 N–H and O–H groups in total. The summed E-state index contributed by atoms with van der Waals surface area (Å²) in [5, 5.41) is 23.5. The Morgan fingerprint density at radius 1 is 1.17 bits per heavy atom. The zero-order valence-electron chi connectivity index (χ0n) is 12.7. The summed E-state index contributed by atoms with van der Waals surface area (Å²) in [5.41, 5.74) is 7.24. The number of nitrogens with one attached hydrogen (secondary N) is 1. The average Bonchev–Trinajstić information content (AvgIpc) is 2.89. The number of aryl methyl sites for hydroxylation is 1. The Morgan fingerprint density at radius 3 is 2.04 bits per heavy atom. The minimum atomic E-state index is -1.13. The highest BCUT2D eigenvalue weighted by Gasteiger charge is 2.12. The van der Waals surface area contributed by atoms with Gasteiger partial charge in [-0.05, 0) is 31.5 Å². The van der Waals surface area contributed by atoms with Crippen LogP contribution in [0.4, 0.5) is 0 Å². The maximum atomic E-state index is 10.7. The Bertz CT molecular complexity index is 707. The van der Waals surface area contributed by atoms with E-state index in [1.807, 2.05) is 13.8 Å². The molecule has 0 bridgehead atoms. The molecular formula is C15H17N3O5. The van der Waals surface area contributed by atoms with Gasteiger partial charge in [0.2, 0.25) is 0 Å². The molecule has 122 valence electrons. The number of carboxylic acids is 2. The molecule has 0 radical (unpaired) electrons. The summed E-state index contributed by atoms with van der Waals surface area (Å²) in [6.45, 7) is 3.84. The fourth-order valence-corrected chi connectivity index (χ4v) is 1.87. The number of hydrogen-bond acceptors (Lipinski definition) is 4. The number of amides is 1. The van der Waals surface area contributed by atoms with Gasteiger partial charge < -0.3 is 15.9 Å². The number of nitrogens with zero attached hydrogens (tertiary/aromatic N) is 1. The van der Waals surface area contributed by atoms with Crippen molar-refractivity contribution in [2.75, 3.05) is 0 Å². The van der Waals surface area contributed by atoms with E-state index >= 15 is 0 Å². The van der Waals surface area contributed by atoms with Crippen molar-refractivity contribution in [2.24, 2.45) is 5.73 Å². The maximum Gasteiger partial charge on any atom is 0.335 e. The Kier molecular flexibility index (Phi) is 6.02. The molecule has 0 aliphatic heterocycles. The standard InChI is InChI=1S/C8H6O4.C7H11N3O/c9-7(10)5-2-1-3-6(4-5)8(11)12;1-3-5-4(2)9-10-6(5)7(8)11/h1-4H,(H,9,10)(H,11,12);3H2,1-2H3,(H2,8,11)(H,9,10). The van der Waals surface area contributed by atoms with Crippen LogP contribution in [0.1, 0.15) is 49.4 Å². The lowest BCUT2D eigenvalue weighted by Gasteiger charge is -1.95. The molecule has 2 rings (SSSR count). The fourth-order valence-electron chi connectivity index (χ4n) is 1.87. The molecule has 0 fully saturated rings. The summed E-state index contributed by atoms with van der Waals surface area (Å²) in [7, 11) is 0. The fraction of sp³-hybridized carbons (Fsp3) is 0.200. The minimum Gasteiger partial charge on any atom is -0.478 e. The second-order valence-electron chi connectivity index (χ2n) is 4.58. The van der Waals surface area contributed by atoms with Gasteiger partial charge in [-0.1, -0.05) is 13.0 Å². The molecule has 0 saturated carbocycles. The Balaban J connectivity index is 0.000000231. The monoisotopic (exact) mass is 319 g/mol. The summed E-state index contributed by atoms with van der Waals surface area (Å²) >= 11 is 0. The van der Waals surface area contributed by atoms with Crippen molar-refractivity contribution < 1.29 is 24.6 Å². The van der Waals surface area contributed by atoms with Crippen LogP contribution in [0.2, 0.25) is 0 Å². The number of nitrogens with two attached hydrogens (primary N) is 1. The molecular weight excluding hydrogens is 302 g/mol. The predicted octanol–water partition coefficient (Wildman–Crippen LogP) is 1.46. The van der Waals surface area contributed by atoms with Gasteiger partial charge in [0, 0.05) is 11.3 Å². The van der Waals surface area contributed by atoms with Gasteiger partial charge in [0.05, 0.1) is 11.1 Å². The second-order valence-corrected chi connectivity index (χ2v) is 4.58. The summed E-state index contributed by atoms with van der Waals surface area (Å²) < 4.78 is 0. The normalized spacial score (nSPS) is 9.65. The van der Waals surface area contributed by atoms with E-state index in [9.17, 15) is 14.4 Å². The SMILES string of the molecule is CCc1c(C(N)=O)n[nH]c1C.O=C(O)c1cccc(C(=O)O)c1. The predicted molar refractivity (Wildman–Crippen MR) is 81.6 cm³/mol. The molecule has 8 nitrogen and oxygen atoms in total. The molecule has 1 heterocycles. The highest BCUT2D eigenvalue weighted by Crippen LogP contribution is 2.09. The molecule has 0 aliphatic carbocycles. The van der Waals surface area contributed by atoms with E-state index < -0.39 is 17.8 Å².